The minimum absolute atomic E-state index is 0.00487. The van der Waals surface area contributed by atoms with E-state index in [0.717, 1.165) is 12.8 Å². The molecule has 0 aromatic rings. The van der Waals surface area contributed by atoms with Gasteiger partial charge in [-0.15, -0.1) is 11.8 Å². The van der Waals surface area contributed by atoms with E-state index in [1.54, 1.807) is 16.7 Å². The highest BCUT2D eigenvalue weighted by molar-refractivity contribution is 8.02. The van der Waals surface area contributed by atoms with E-state index < -0.39 is 39.0 Å². The third kappa shape index (κ3) is 4.53. The molecule has 8 heteroatoms. The maximum Gasteiger partial charge on any atom is 0.247 e. The molecule has 3 amide bonds. The summed E-state index contributed by atoms with van der Waals surface area (Å²) < 4.78 is -1.48. The molecule has 4 rings (SSSR count). The molecule has 4 aliphatic rings. The second-order valence-electron chi connectivity index (χ2n) is 13.6. The molecule has 0 aliphatic carbocycles. The maximum atomic E-state index is 14.7. The molecular weight excluding hydrogens is 498 g/mol. The average Bonchev–Trinajstić information content (AvgIpc) is 3.07. The Labute approximate surface area is 233 Å². The number of carbonyl (C=O) groups is 3. The summed E-state index contributed by atoms with van der Waals surface area (Å²) in [7, 11) is 0. The number of rotatable bonds is 7. The molecule has 6 atom stereocenters. The van der Waals surface area contributed by atoms with Gasteiger partial charge in [0.25, 0.3) is 0 Å². The first-order valence-corrected chi connectivity index (χ1v) is 15.1. The Morgan fingerprint density at radius 1 is 1.00 bits per heavy atom. The standard InChI is InChI=1S/C30H47N3O4S/c1-9-15-31-16-11-13-29(8)21(24(31)35)22-25(36)33(20(10-2)18-34)23-26(37)32(17-12-14-30(22,23)38-29)28(6,7)19-27(3,4)5/h11-14,20-23,34H,9-10,15-19H2,1-8H3/t20-,21+,22-,23?,29-,30-/m0/s1. The molecule has 0 bridgehead atoms. The van der Waals surface area contributed by atoms with Crippen molar-refractivity contribution in [3.05, 3.63) is 24.3 Å². The minimum atomic E-state index is -0.877. The van der Waals surface area contributed by atoms with Gasteiger partial charge in [-0.1, -0.05) is 58.9 Å². The van der Waals surface area contributed by atoms with Crippen LogP contribution >= 0.6 is 11.8 Å². The molecule has 2 fully saturated rings. The van der Waals surface area contributed by atoms with Gasteiger partial charge in [-0.2, -0.15) is 0 Å². The predicted molar refractivity (Wildman–Crippen MR) is 153 cm³/mol. The number of hydrogen-bond acceptors (Lipinski definition) is 5. The molecule has 0 aromatic carbocycles. The van der Waals surface area contributed by atoms with Crippen molar-refractivity contribution in [2.45, 2.75) is 102 Å². The van der Waals surface area contributed by atoms with Crippen LogP contribution in [0.5, 0.6) is 0 Å². The monoisotopic (exact) mass is 545 g/mol. The molecule has 1 spiro atoms. The lowest BCUT2D eigenvalue weighted by Crippen LogP contribution is -2.60. The van der Waals surface area contributed by atoms with Crippen LogP contribution in [0.25, 0.3) is 0 Å². The van der Waals surface area contributed by atoms with Gasteiger partial charge in [-0.25, -0.2) is 0 Å². The lowest BCUT2D eigenvalue weighted by atomic mass is 9.74. The number of thioether (sulfide) groups is 1. The molecule has 2 saturated heterocycles. The molecule has 4 heterocycles. The van der Waals surface area contributed by atoms with E-state index in [4.69, 9.17) is 0 Å². The fraction of sp³-hybridized carbons (Fsp3) is 0.767. The number of fused-ring (bicyclic) bond motifs is 2. The van der Waals surface area contributed by atoms with E-state index in [1.807, 2.05) is 22.8 Å². The molecule has 212 valence electrons. The van der Waals surface area contributed by atoms with Gasteiger partial charge in [-0.3, -0.25) is 14.4 Å². The van der Waals surface area contributed by atoms with Crippen molar-refractivity contribution < 1.29 is 19.5 Å². The van der Waals surface area contributed by atoms with Crippen LogP contribution in [0.15, 0.2) is 24.3 Å². The van der Waals surface area contributed by atoms with Crippen molar-refractivity contribution in [2.75, 3.05) is 26.2 Å². The number of aliphatic hydroxyl groups is 1. The Morgan fingerprint density at radius 2 is 1.66 bits per heavy atom. The van der Waals surface area contributed by atoms with Gasteiger partial charge in [0.15, 0.2) is 0 Å². The number of aliphatic hydroxyl groups excluding tert-OH is 1. The van der Waals surface area contributed by atoms with Crippen LogP contribution < -0.4 is 0 Å². The minimum Gasteiger partial charge on any atom is -0.394 e. The van der Waals surface area contributed by atoms with Crippen molar-refractivity contribution in [1.82, 2.24) is 14.7 Å². The highest BCUT2D eigenvalue weighted by Gasteiger charge is 2.74. The van der Waals surface area contributed by atoms with Crippen LogP contribution in [0.4, 0.5) is 0 Å². The fourth-order valence-electron chi connectivity index (χ4n) is 7.73. The van der Waals surface area contributed by atoms with Gasteiger partial charge < -0.3 is 19.8 Å². The largest absolute Gasteiger partial charge is 0.394 e. The number of hydrogen-bond donors (Lipinski definition) is 1. The lowest BCUT2D eigenvalue weighted by molar-refractivity contribution is -0.149. The summed E-state index contributed by atoms with van der Waals surface area (Å²) in [6.45, 7) is 18.2. The molecule has 0 saturated carbocycles. The van der Waals surface area contributed by atoms with Gasteiger partial charge in [0.1, 0.15) is 6.04 Å². The quantitative estimate of drug-likeness (QED) is 0.492. The number of amides is 3. The highest BCUT2D eigenvalue weighted by atomic mass is 32.2. The fourth-order valence-corrected chi connectivity index (χ4v) is 9.87. The number of likely N-dealkylation sites (tertiary alicyclic amines) is 1. The van der Waals surface area contributed by atoms with E-state index in [-0.39, 0.29) is 29.7 Å². The first-order chi connectivity index (χ1) is 17.7. The zero-order valence-electron chi connectivity index (χ0n) is 24.5. The first kappa shape index (κ1) is 29.2. The van der Waals surface area contributed by atoms with E-state index in [2.05, 4.69) is 66.7 Å². The van der Waals surface area contributed by atoms with Crippen molar-refractivity contribution in [2.24, 2.45) is 17.3 Å². The lowest BCUT2D eigenvalue weighted by Gasteiger charge is -2.45. The second kappa shape index (κ2) is 9.99. The Morgan fingerprint density at radius 3 is 2.24 bits per heavy atom. The molecule has 4 aliphatic heterocycles. The molecule has 0 radical (unpaired) electrons. The molecule has 0 aromatic heterocycles. The van der Waals surface area contributed by atoms with Crippen LogP contribution in [0, 0.1) is 17.3 Å². The normalized spacial score (nSPS) is 34.3. The van der Waals surface area contributed by atoms with Crippen LogP contribution in [0.2, 0.25) is 0 Å². The second-order valence-corrected chi connectivity index (χ2v) is 15.4. The Hall–Kier alpha value is -1.80. The van der Waals surface area contributed by atoms with Crippen LogP contribution in [0.1, 0.15) is 74.7 Å². The summed E-state index contributed by atoms with van der Waals surface area (Å²) in [5.74, 6) is -1.49. The molecule has 1 N–H and O–H groups in total. The Balaban J connectivity index is 1.88. The Kier molecular flexibility index (Phi) is 7.67. The summed E-state index contributed by atoms with van der Waals surface area (Å²) in [5, 5.41) is 10.4. The third-order valence-electron chi connectivity index (χ3n) is 8.84. The van der Waals surface area contributed by atoms with Gasteiger partial charge >= 0.3 is 0 Å². The van der Waals surface area contributed by atoms with Gasteiger partial charge in [0.2, 0.25) is 17.7 Å². The van der Waals surface area contributed by atoms with Crippen molar-refractivity contribution in [1.29, 1.82) is 0 Å². The zero-order valence-corrected chi connectivity index (χ0v) is 25.3. The summed E-state index contributed by atoms with van der Waals surface area (Å²) in [5.41, 5.74) is -0.436. The van der Waals surface area contributed by atoms with Gasteiger partial charge in [-0.05, 0) is 45.4 Å². The van der Waals surface area contributed by atoms with Gasteiger partial charge in [0.05, 0.1) is 29.2 Å². The Bertz CT molecular complexity index is 1030. The van der Waals surface area contributed by atoms with E-state index in [0.29, 0.717) is 26.1 Å². The van der Waals surface area contributed by atoms with E-state index >= 15 is 0 Å². The van der Waals surface area contributed by atoms with Crippen LogP contribution in [-0.4, -0.2) is 90.9 Å². The van der Waals surface area contributed by atoms with E-state index in [9.17, 15) is 19.5 Å². The maximum absolute atomic E-state index is 14.7. The SMILES string of the molecule is CCCN1CC=C[C@]2(C)S[C@]34C=CCN(C(C)(C)CC(C)(C)C)C(=O)C3N([C@@H](CC)CO)C(=O)[C@@H]4[C@@H]2C1=O. The van der Waals surface area contributed by atoms with Crippen LogP contribution in [-0.2, 0) is 14.4 Å². The summed E-state index contributed by atoms with van der Waals surface area (Å²) in [4.78, 5) is 48.7. The summed E-state index contributed by atoms with van der Waals surface area (Å²) in [6, 6.07) is -1.25. The number of carbonyl (C=O) groups excluding carboxylic acids is 3. The molecule has 38 heavy (non-hydrogen) atoms. The van der Waals surface area contributed by atoms with Gasteiger partial charge in [0, 0.05) is 29.9 Å². The molecule has 7 nitrogen and oxygen atoms in total. The zero-order chi connectivity index (χ0) is 28.3. The average molecular weight is 546 g/mol. The van der Waals surface area contributed by atoms with Crippen molar-refractivity contribution in [3.8, 4) is 0 Å². The van der Waals surface area contributed by atoms with E-state index in [1.165, 1.54) is 0 Å². The third-order valence-corrected chi connectivity index (χ3v) is 10.6. The van der Waals surface area contributed by atoms with Crippen LogP contribution in [0.3, 0.4) is 0 Å². The topological polar surface area (TPSA) is 81.2 Å². The first-order valence-electron chi connectivity index (χ1n) is 14.3. The van der Waals surface area contributed by atoms with Crippen molar-refractivity contribution >= 4 is 29.5 Å². The highest BCUT2D eigenvalue weighted by Crippen LogP contribution is 2.66. The summed E-state index contributed by atoms with van der Waals surface area (Å²) in [6.07, 6.45) is 10.5. The summed E-state index contributed by atoms with van der Waals surface area (Å²) >= 11 is 1.61. The smallest absolute Gasteiger partial charge is 0.247 e. The van der Waals surface area contributed by atoms with Crippen molar-refractivity contribution in [3.63, 3.8) is 0 Å². The molecular formula is C30H47N3O4S. The number of nitrogens with zero attached hydrogens (tertiary/aromatic N) is 3. The predicted octanol–water partition coefficient (Wildman–Crippen LogP) is 3.87. The molecule has 1 unspecified atom stereocenters.